The van der Waals surface area contributed by atoms with E-state index < -0.39 is 5.82 Å². The second kappa shape index (κ2) is 5.43. The fourth-order valence-corrected chi connectivity index (χ4v) is 1.36. The Hall–Kier alpha value is -2.19. The molecule has 2 aromatic rings. The molecule has 1 aromatic carbocycles. The SMILES string of the molecule is N#Cc1ccc(OCc2ccc(Cl)nn2)c(F)c1. The molecule has 0 N–H and O–H groups in total. The first-order chi connectivity index (χ1) is 8.69. The smallest absolute Gasteiger partial charge is 0.166 e. The van der Waals surface area contributed by atoms with Gasteiger partial charge in [0.1, 0.15) is 12.3 Å². The summed E-state index contributed by atoms with van der Waals surface area (Å²) >= 11 is 5.58. The molecule has 0 fully saturated rings. The summed E-state index contributed by atoms with van der Waals surface area (Å²) in [6, 6.07) is 9.04. The van der Waals surface area contributed by atoms with E-state index in [2.05, 4.69) is 10.2 Å². The average molecular weight is 264 g/mol. The van der Waals surface area contributed by atoms with Crippen molar-refractivity contribution in [3.63, 3.8) is 0 Å². The van der Waals surface area contributed by atoms with Gasteiger partial charge in [0, 0.05) is 0 Å². The second-order valence-electron chi connectivity index (χ2n) is 3.39. The zero-order chi connectivity index (χ0) is 13.0. The Morgan fingerprint density at radius 3 is 2.72 bits per heavy atom. The van der Waals surface area contributed by atoms with Crippen LogP contribution in [-0.4, -0.2) is 10.2 Å². The highest BCUT2D eigenvalue weighted by atomic mass is 35.5. The molecule has 0 aliphatic rings. The lowest BCUT2D eigenvalue weighted by Gasteiger charge is -2.06. The Balaban J connectivity index is 2.06. The summed E-state index contributed by atoms with van der Waals surface area (Å²) in [4.78, 5) is 0. The minimum atomic E-state index is -0.587. The number of hydrogen-bond acceptors (Lipinski definition) is 4. The molecular weight excluding hydrogens is 257 g/mol. The predicted octanol–water partition coefficient (Wildman–Crippen LogP) is 2.72. The summed E-state index contributed by atoms with van der Waals surface area (Å²) < 4.78 is 18.7. The van der Waals surface area contributed by atoms with Crippen LogP contribution in [0.15, 0.2) is 30.3 Å². The zero-order valence-corrected chi connectivity index (χ0v) is 9.86. The van der Waals surface area contributed by atoms with Crippen LogP contribution in [0, 0.1) is 17.1 Å². The molecule has 4 nitrogen and oxygen atoms in total. The van der Waals surface area contributed by atoms with Gasteiger partial charge in [0.15, 0.2) is 16.7 Å². The Morgan fingerprint density at radius 2 is 2.11 bits per heavy atom. The molecule has 1 heterocycles. The molecule has 0 bridgehead atoms. The van der Waals surface area contributed by atoms with E-state index in [0.717, 1.165) is 6.07 Å². The lowest BCUT2D eigenvalue weighted by molar-refractivity contribution is 0.284. The molecule has 0 aliphatic carbocycles. The van der Waals surface area contributed by atoms with Gasteiger partial charge in [0.25, 0.3) is 0 Å². The fraction of sp³-hybridized carbons (Fsp3) is 0.0833. The third kappa shape index (κ3) is 2.93. The van der Waals surface area contributed by atoms with Gasteiger partial charge in [-0.1, -0.05) is 11.6 Å². The highest BCUT2D eigenvalue weighted by molar-refractivity contribution is 6.29. The maximum atomic E-state index is 13.5. The highest BCUT2D eigenvalue weighted by Gasteiger charge is 2.05. The van der Waals surface area contributed by atoms with Crippen molar-refractivity contribution in [3.8, 4) is 11.8 Å². The Morgan fingerprint density at radius 1 is 1.28 bits per heavy atom. The molecule has 0 radical (unpaired) electrons. The number of nitriles is 1. The van der Waals surface area contributed by atoms with Gasteiger partial charge < -0.3 is 4.74 Å². The molecule has 90 valence electrons. The van der Waals surface area contributed by atoms with Crippen molar-refractivity contribution in [3.05, 3.63) is 52.6 Å². The summed E-state index contributed by atoms with van der Waals surface area (Å²) in [6.07, 6.45) is 0. The van der Waals surface area contributed by atoms with Gasteiger partial charge in [0.2, 0.25) is 0 Å². The first-order valence-electron chi connectivity index (χ1n) is 4.99. The van der Waals surface area contributed by atoms with Gasteiger partial charge in [-0.15, -0.1) is 5.10 Å². The van der Waals surface area contributed by atoms with Crippen LogP contribution in [0.2, 0.25) is 5.15 Å². The minimum absolute atomic E-state index is 0.0609. The monoisotopic (exact) mass is 263 g/mol. The van der Waals surface area contributed by atoms with E-state index in [1.807, 2.05) is 6.07 Å². The summed E-state index contributed by atoms with van der Waals surface area (Å²) in [7, 11) is 0. The van der Waals surface area contributed by atoms with Gasteiger partial charge >= 0.3 is 0 Å². The summed E-state index contributed by atoms with van der Waals surface area (Å²) in [6.45, 7) is 0.0764. The van der Waals surface area contributed by atoms with E-state index in [0.29, 0.717) is 5.69 Å². The van der Waals surface area contributed by atoms with E-state index in [1.165, 1.54) is 12.1 Å². The Bertz CT molecular complexity index is 595. The number of ether oxygens (including phenoxy) is 1. The van der Waals surface area contributed by atoms with Crippen LogP contribution < -0.4 is 4.74 Å². The Kier molecular flexibility index (Phi) is 3.70. The quantitative estimate of drug-likeness (QED) is 0.854. The van der Waals surface area contributed by atoms with Crippen LogP contribution in [0.4, 0.5) is 4.39 Å². The van der Waals surface area contributed by atoms with Crippen LogP contribution in [0.3, 0.4) is 0 Å². The van der Waals surface area contributed by atoms with Crippen LogP contribution in [0.1, 0.15) is 11.3 Å². The molecule has 0 saturated carbocycles. The molecule has 6 heteroatoms. The van der Waals surface area contributed by atoms with Gasteiger partial charge in [-0.3, -0.25) is 0 Å². The van der Waals surface area contributed by atoms with Crippen molar-refractivity contribution in [1.82, 2.24) is 10.2 Å². The summed E-state index contributed by atoms with van der Waals surface area (Å²) in [5.74, 6) is -0.526. The van der Waals surface area contributed by atoms with Crippen molar-refractivity contribution >= 4 is 11.6 Å². The fourth-order valence-electron chi connectivity index (χ4n) is 1.26. The number of halogens is 2. The second-order valence-corrected chi connectivity index (χ2v) is 3.78. The van der Waals surface area contributed by atoms with E-state index in [-0.39, 0.29) is 23.1 Å². The highest BCUT2D eigenvalue weighted by Crippen LogP contribution is 2.19. The van der Waals surface area contributed by atoms with E-state index in [9.17, 15) is 4.39 Å². The number of nitrogens with zero attached hydrogens (tertiary/aromatic N) is 3. The van der Waals surface area contributed by atoms with Crippen molar-refractivity contribution < 1.29 is 9.13 Å². The van der Waals surface area contributed by atoms with Gasteiger partial charge in [-0.25, -0.2) is 4.39 Å². The lowest BCUT2D eigenvalue weighted by Crippen LogP contribution is -2.01. The number of hydrogen-bond donors (Lipinski definition) is 0. The molecule has 18 heavy (non-hydrogen) atoms. The summed E-state index contributed by atoms with van der Waals surface area (Å²) in [5, 5.41) is 16.3. The predicted molar refractivity (Wildman–Crippen MR) is 62.5 cm³/mol. The topological polar surface area (TPSA) is 58.8 Å². The number of aromatic nitrogens is 2. The minimum Gasteiger partial charge on any atom is -0.484 e. The third-order valence-corrected chi connectivity index (χ3v) is 2.33. The van der Waals surface area contributed by atoms with E-state index in [1.54, 1.807) is 12.1 Å². The largest absolute Gasteiger partial charge is 0.484 e. The van der Waals surface area contributed by atoms with E-state index in [4.69, 9.17) is 21.6 Å². The van der Waals surface area contributed by atoms with Gasteiger partial charge in [0.05, 0.1) is 11.6 Å². The molecule has 0 aliphatic heterocycles. The molecule has 0 spiro atoms. The molecule has 0 unspecified atom stereocenters. The zero-order valence-electron chi connectivity index (χ0n) is 9.10. The number of benzene rings is 1. The molecule has 0 amide bonds. The van der Waals surface area contributed by atoms with Gasteiger partial charge in [-0.2, -0.15) is 10.4 Å². The molecular formula is C12H7ClFN3O. The van der Waals surface area contributed by atoms with Crippen molar-refractivity contribution in [2.24, 2.45) is 0 Å². The van der Waals surface area contributed by atoms with Crippen LogP contribution in [-0.2, 0) is 6.61 Å². The van der Waals surface area contributed by atoms with Gasteiger partial charge in [-0.05, 0) is 30.3 Å². The average Bonchev–Trinajstić information content (AvgIpc) is 2.39. The lowest BCUT2D eigenvalue weighted by atomic mass is 10.2. The first kappa shape index (κ1) is 12.3. The van der Waals surface area contributed by atoms with Crippen molar-refractivity contribution in [1.29, 1.82) is 5.26 Å². The Labute approximate surface area is 108 Å². The molecule has 0 saturated heterocycles. The van der Waals surface area contributed by atoms with Crippen molar-refractivity contribution in [2.75, 3.05) is 0 Å². The first-order valence-corrected chi connectivity index (χ1v) is 5.37. The van der Waals surface area contributed by atoms with E-state index >= 15 is 0 Å². The molecule has 0 atom stereocenters. The van der Waals surface area contributed by atoms with Crippen LogP contribution in [0.5, 0.6) is 5.75 Å². The summed E-state index contributed by atoms with van der Waals surface area (Å²) in [5.41, 5.74) is 0.772. The standard InChI is InChI=1S/C12H7ClFN3O/c13-12-4-2-9(16-17-12)7-18-11-3-1-8(6-15)5-10(11)14/h1-5H,7H2. The molecule has 1 aromatic heterocycles. The van der Waals surface area contributed by atoms with Crippen LogP contribution >= 0.6 is 11.6 Å². The maximum absolute atomic E-state index is 13.5. The third-order valence-electron chi connectivity index (χ3n) is 2.12. The number of rotatable bonds is 3. The van der Waals surface area contributed by atoms with Crippen LogP contribution in [0.25, 0.3) is 0 Å². The molecule has 2 rings (SSSR count). The van der Waals surface area contributed by atoms with Crippen molar-refractivity contribution in [2.45, 2.75) is 6.61 Å². The normalized spacial score (nSPS) is 9.83. The maximum Gasteiger partial charge on any atom is 0.166 e.